The number of urea groups is 1. The summed E-state index contributed by atoms with van der Waals surface area (Å²) >= 11 is 1.70. The summed E-state index contributed by atoms with van der Waals surface area (Å²) in [5, 5.41) is 14.7. The topological polar surface area (TPSA) is 61.8 Å². The molecule has 0 unspecified atom stereocenters. The quantitative estimate of drug-likeness (QED) is 0.894. The first-order chi connectivity index (χ1) is 11.6. The van der Waals surface area contributed by atoms with Crippen molar-refractivity contribution in [3.05, 3.63) is 52.2 Å². The van der Waals surface area contributed by atoms with Crippen LogP contribution in [0.1, 0.15) is 23.5 Å². The number of phenolic OH excluding ortho intramolecular Hbond substituents is 1. The molecule has 2 heterocycles. The molecule has 0 spiro atoms. The lowest BCUT2D eigenvalue weighted by Gasteiger charge is -2.34. The molecular formula is C18H22N2O3S. The van der Waals surface area contributed by atoms with Crippen molar-refractivity contribution in [3.8, 4) is 5.75 Å². The van der Waals surface area contributed by atoms with Gasteiger partial charge in [-0.05, 0) is 36.1 Å². The van der Waals surface area contributed by atoms with Crippen LogP contribution in [-0.2, 0) is 11.2 Å². The number of carbonyl (C=O) groups is 1. The molecule has 2 aromatic rings. The number of thiophene rings is 1. The van der Waals surface area contributed by atoms with Gasteiger partial charge in [-0.1, -0.05) is 18.2 Å². The zero-order chi connectivity index (χ0) is 16.9. The zero-order valence-corrected chi connectivity index (χ0v) is 14.5. The fourth-order valence-corrected chi connectivity index (χ4v) is 3.68. The van der Waals surface area contributed by atoms with Crippen LogP contribution in [0.15, 0.2) is 41.8 Å². The summed E-state index contributed by atoms with van der Waals surface area (Å²) in [6.45, 7) is 3.58. The van der Waals surface area contributed by atoms with Gasteiger partial charge in [0.2, 0.25) is 0 Å². The number of rotatable bonds is 4. The molecule has 1 aromatic carbocycles. The third-order valence-electron chi connectivity index (χ3n) is 4.05. The van der Waals surface area contributed by atoms with Gasteiger partial charge in [-0.25, -0.2) is 4.79 Å². The fraction of sp³-hybridized carbons (Fsp3) is 0.389. The van der Waals surface area contributed by atoms with Crippen molar-refractivity contribution >= 4 is 17.4 Å². The van der Waals surface area contributed by atoms with E-state index in [9.17, 15) is 9.90 Å². The van der Waals surface area contributed by atoms with E-state index in [4.69, 9.17) is 4.74 Å². The Morgan fingerprint density at radius 1 is 1.46 bits per heavy atom. The molecule has 2 atom stereocenters. The smallest absolute Gasteiger partial charge is 0.317 e. The largest absolute Gasteiger partial charge is 0.508 e. The highest BCUT2D eigenvalue weighted by Gasteiger charge is 2.26. The predicted molar refractivity (Wildman–Crippen MR) is 94.4 cm³/mol. The number of hydrogen-bond donors (Lipinski definition) is 2. The van der Waals surface area contributed by atoms with Crippen LogP contribution in [-0.4, -0.2) is 41.8 Å². The van der Waals surface area contributed by atoms with E-state index >= 15 is 0 Å². The predicted octanol–water partition coefficient (Wildman–Crippen LogP) is 3.17. The van der Waals surface area contributed by atoms with Crippen molar-refractivity contribution in [2.24, 2.45) is 0 Å². The van der Waals surface area contributed by atoms with Gasteiger partial charge < -0.3 is 20.1 Å². The molecule has 1 saturated heterocycles. The van der Waals surface area contributed by atoms with E-state index in [2.05, 4.69) is 11.4 Å². The van der Waals surface area contributed by atoms with Gasteiger partial charge in [0.25, 0.3) is 0 Å². The third-order valence-corrected chi connectivity index (χ3v) is 4.95. The van der Waals surface area contributed by atoms with Gasteiger partial charge in [-0.2, -0.15) is 0 Å². The lowest BCUT2D eigenvalue weighted by molar-refractivity contribution is -0.0158. The second-order valence-corrected chi connectivity index (χ2v) is 7.07. The van der Waals surface area contributed by atoms with Crippen LogP contribution in [0.4, 0.5) is 4.79 Å². The first-order valence-corrected chi connectivity index (χ1v) is 8.98. The second-order valence-electron chi connectivity index (χ2n) is 6.03. The first-order valence-electron chi connectivity index (χ1n) is 8.10. The number of aromatic hydroxyl groups is 1. The Hall–Kier alpha value is -2.05. The van der Waals surface area contributed by atoms with E-state index in [0.29, 0.717) is 19.7 Å². The zero-order valence-electron chi connectivity index (χ0n) is 13.6. The number of nitrogens with zero attached hydrogens (tertiary/aromatic N) is 1. The molecule has 1 aliphatic heterocycles. The molecule has 1 aromatic heterocycles. The average molecular weight is 346 g/mol. The van der Waals surface area contributed by atoms with E-state index in [1.807, 2.05) is 24.4 Å². The number of ether oxygens (including phenoxy) is 1. The number of benzene rings is 1. The molecule has 0 bridgehead atoms. The first kappa shape index (κ1) is 16.8. The number of phenols is 1. The van der Waals surface area contributed by atoms with Crippen LogP contribution >= 0.6 is 11.3 Å². The molecule has 0 saturated carbocycles. The van der Waals surface area contributed by atoms with Gasteiger partial charge in [-0.3, -0.25) is 0 Å². The van der Waals surface area contributed by atoms with Gasteiger partial charge in [0.05, 0.1) is 13.2 Å². The third kappa shape index (κ3) is 4.27. The average Bonchev–Trinajstić information content (AvgIpc) is 3.07. The van der Waals surface area contributed by atoms with E-state index in [1.165, 1.54) is 4.88 Å². The molecule has 0 radical (unpaired) electrons. The molecular weight excluding hydrogens is 324 g/mol. The van der Waals surface area contributed by atoms with Crippen molar-refractivity contribution in [2.75, 3.05) is 19.7 Å². The summed E-state index contributed by atoms with van der Waals surface area (Å²) in [7, 11) is 0. The minimum atomic E-state index is -0.204. The highest BCUT2D eigenvalue weighted by atomic mass is 32.1. The van der Waals surface area contributed by atoms with Crippen LogP contribution in [0.25, 0.3) is 0 Å². The lowest BCUT2D eigenvalue weighted by Crippen LogP contribution is -2.49. The Morgan fingerprint density at radius 2 is 2.33 bits per heavy atom. The SMILES string of the molecule is C[C@H](Cc1cccs1)NC(=O)N1CCO[C@H](c2cccc(O)c2)C1. The van der Waals surface area contributed by atoms with Crippen LogP contribution in [0.3, 0.4) is 0 Å². The standard InChI is InChI=1S/C18H22N2O3S/c1-13(10-16-6-3-9-24-16)19-18(22)20-7-8-23-17(12-20)14-4-2-5-15(21)11-14/h2-6,9,11,13,17,21H,7-8,10,12H2,1H3,(H,19,22)/t13-,17+/m1/s1. The Kier molecular flexibility index (Phi) is 5.37. The number of nitrogens with one attached hydrogen (secondary N) is 1. The van der Waals surface area contributed by atoms with Gasteiger partial charge in [0, 0.05) is 23.9 Å². The normalized spacial score (nSPS) is 19.0. The minimum absolute atomic E-state index is 0.0625. The molecule has 6 heteroatoms. The highest BCUT2D eigenvalue weighted by molar-refractivity contribution is 7.09. The van der Waals surface area contributed by atoms with E-state index in [1.54, 1.807) is 34.4 Å². The molecule has 128 valence electrons. The Labute approximate surface area is 145 Å². The number of hydrogen-bond acceptors (Lipinski definition) is 4. The summed E-state index contributed by atoms with van der Waals surface area (Å²) < 4.78 is 5.76. The summed E-state index contributed by atoms with van der Waals surface area (Å²) in [5.74, 6) is 0.210. The lowest BCUT2D eigenvalue weighted by atomic mass is 10.1. The van der Waals surface area contributed by atoms with Crippen molar-refractivity contribution in [3.63, 3.8) is 0 Å². The van der Waals surface area contributed by atoms with Crippen LogP contribution in [0.2, 0.25) is 0 Å². The van der Waals surface area contributed by atoms with Crippen molar-refractivity contribution < 1.29 is 14.6 Å². The van der Waals surface area contributed by atoms with E-state index in [-0.39, 0.29) is 23.9 Å². The molecule has 1 fully saturated rings. The van der Waals surface area contributed by atoms with Gasteiger partial charge in [0.1, 0.15) is 11.9 Å². The van der Waals surface area contributed by atoms with Crippen molar-refractivity contribution in [1.82, 2.24) is 10.2 Å². The van der Waals surface area contributed by atoms with E-state index < -0.39 is 0 Å². The Balaban J connectivity index is 1.56. The Bertz CT molecular complexity index is 675. The number of carbonyl (C=O) groups excluding carboxylic acids is 1. The molecule has 1 aliphatic rings. The fourth-order valence-electron chi connectivity index (χ4n) is 2.84. The molecule has 3 rings (SSSR count). The van der Waals surface area contributed by atoms with Crippen LogP contribution < -0.4 is 5.32 Å². The highest BCUT2D eigenvalue weighted by Crippen LogP contribution is 2.25. The number of morpholine rings is 1. The Morgan fingerprint density at radius 3 is 3.08 bits per heavy atom. The van der Waals surface area contributed by atoms with Gasteiger partial charge >= 0.3 is 6.03 Å². The van der Waals surface area contributed by atoms with Crippen LogP contribution in [0.5, 0.6) is 5.75 Å². The number of amides is 2. The summed E-state index contributed by atoms with van der Waals surface area (Å²) in [5.41, 5.74) is 0.888. The molecule has 5 nitrogen and oxygen atoms in total. The van der Waals surface area contributed by atoms with Crippen LogP contribution in [0, 0.1) is 0 Å². The maximum Gasteiger partial charge on any atom is 0.317 e. The van der Waals surface area contributed by atoms with Crippen molar-refractivity contribution in [1.29, 1.82) is 0 Å². The summed E-state index contributed by atoms with van der Waals surface area (Å²) in [6, 6.07) is 11.1. The van der Waals surface area contributed by atoms with Crippen molar-refractivity contribution in [2.45, 2.75) is 25.5 Å². The van der Waals surface area contributed by atoms with Gasteiger partial charge in [-0.15, -0.1) is 11.3 Å². The maximum atomic E-state index is 12.5. The molecule has 2 N–H and O–H groups in total. The second kappa shape index (κ2) is 7.68. The van der Waals surface area contributed by atoms with Gasteiger partial charge in [0.15, 0.2) is 0 Å². The monoisotopic (exact) mass is 346 g/mol. The minimum Gasteiger partial charge on any atom is -0.508 e. The maximum absolute atomic E-state index is 12.5. The molecule has 2 amide bonds. The summed E-state index contributed by atoms with van der Waals surface area (Å²) in [6.07, 6.45) is 0.633. The molecule has 24 heavy (non-hydrogen) atoms. The molecule has 0 aliphatic carbocycles. The summed E-state index contributed by atoms with van der Waals surface area (Å²) in [4.78, 5) is 15.5. The van der Waals surface area contributed by atoms with E-state index in [0.717, 1.165) is 12.0 Å².